The van der Waals surface area contributed by atoms with E-state index in [1.54, 1.807) is 30.3 Å². The monoisotopic (exact) mass is 245 g/mol. The van der Waals surface area contributed by atoms with E-state index in [1.807, 2.05) is 36.4 Å². The quantitative estimate of drug-likeness (QED) is 0.757. The average Bonchev–Trinajstić information content (AvgIpc) is 2.43. The summed E-state index contributed by atoms with van der Waals surface area (Å²) in [5.74, 6) is -0.879. The van der Waals surface area contributed by atoms with Crippen LogP contribution < -0.4 is 0 Å². The average molecular weight is 245 g/mol. The molecule has 2 aromatic rings. The summed E-state index contributed by atoms with van der Waals surface area (Å²) in [6.07, 6.45) is 0. The fourth-order valence-corrected chi connectivity index (χ4v) is 0.966. The second-order valence-electron chi connectivity index (χ2n) is 2.92. The van der Waals surface area contributed by atoms with Gasteiger partial charge in [0.1, 0.15) is 0 Å². The molecule has 0 heterocycles. The van der Waals surface area contributed by atoms with Crippen molar-refractivity contribution in [1.82, 2.24) is 0 Å². The second-order valence-corrected chi connectivity index (χ2v) is 2.92. The molecule has 2 aromatic carbocycles. The maximum Gasteiger partial charge on any atom is 0.335 e. The van der Waals surface area contributed by atoms with E-state index >= 15 is 0 Å². The SMILES string of the molecule is O=C(O)c1ccccc1.O=[C-]O.c1ccccc1. The zero-order valence-electron chi connectivity index (χ0n) is 9.56. The Kier molecular flexibility index (Phi) is 9.30. The summed E-state index contributed by atoms with van der Waals surface area (Å²) in [4.78, 5) is 18.4. The van der Waals surface area contributed by atoms with E-state index in [0.29, 0.717) is 12.0 Å². The Bertz CT molecular complexity index is 399. The van der Waals surface area contributed by atoms with Gasteiger partial charge in [0.15, 0.2) is 0 Å². The molecule has 0 radical (unpaired) electrons. The number of hydrogen-bond donors (Lipinski definition) is 2. The first-order valence-electron chi connectivity index (χ1n) is 5.02. The van der Waals surface area contributed by atoms with E-state index in [9.17, 15) is 4.79 Å². The minimum Gasteiger partial charge on any atom is -0.665 e. The van der Waals surface area contributed by atoms with E-state index in [2.05, 4.69) is 0 Å². The highest BCUT2D eigenvalue weighted by atomic mass is 16.4. The first kappa shape index (κ1) is 15.4. The van der Waals surface area contributed by atoms with Crippen molar-refractivity contribution in [3.8, 4) is 0 Å². The molecule has 2 rings (SSSR count). The number of benzene rings is 2. The van der Waals surface area contributed by atoms with Crippen LogP contribution in [0.4, 0.5) is 0 Å². The highest BCUT2D eigenvalue weighted by molar-refractivity contribution is 5.87. The molecule has 4 heteroatoms. The summed E-state index contributed by atoms with van der Waals surface area (Å²) < 4.78 is 0. The first-order chi connectivity index (χ1) is 8.72. The second kappa shape index (κ2) is 10.9. The fourth-order valence-electron chi connectivity index (χ4n) is 0.966. The smallest absolute Gasteiger partial charge is 0.335 e. The number of carbonyl (C=O) groups is 1. The lowest BCUT2D eigenvalue weighted by Crippen LogP contribution is -1.93. The zero-order valence-corrected chi connectivity index (χ0v) is 9.56. The Hall–Kier alpha value is -2.62. The van der Waals surface area contributed by atoms with Gasteiger partial charge in [-0.05, 0) is 12.1 Å². The minimum atomic E-state index is -0.879. The molecule has 0 bridgehead atoms. The topological polar surface area (TPSA) is 74.6 Å². The van der Waals surface area contributed by atoms with E-state index in [1.165, 1.54) is 0 Å². The third kappa shape index (κ3) is 8.67. The summed E-state index contributed by atoms with van der Waals surface area (Å²) >= 11 is 0. The molecule has 0 saturated carbocycles. The van der Waals surface area contributed by atoms with Crippen molar-refractivity contribution < 1.29 is 19.8 Å². The lowest BCUT2D eigenvalue weighted by Gasteiger charge is -1.88. The molecule has 0 spiro atoms. The number of carboxylic acids is 1. The zero-order chi connectivity index (χ0) is 13.6. The van der Waals surface area contributed by atoms with Gasteiger partial charge >= 0.3 is 5.97 Å². The van der Waals surface area contributed by atoms with Crippen LogP contribution in [0, 0.1) is 0 Å². The first-order valence-corrected chi connectivity index (χ1v) is 5.02. The molecule has 0 aliphatic heterocycles. The fraction of sp³-hybridized carbons (Fsp3) is 0. The van der Waals surface area contributed by atoms with Crippen molar-refractivity contribution in [3.63, 3.8) is 0 Å². The van der Waals surface area contributed by atoms with Gasteiger partial charge in [-0.25, -0.2) is 4.79 Å². The summed E-state index contributed by atoms with van der Waals surface area (Å²) in [7, 11) is 0. The van der Waals surface area contributed by atoms with Crippen molar-refractivity contribution in [1.29, 1.82) is 0 Å². The molecular weight excluding hydrogens is 232 g/mol. The largest absolute Gasteiger partial charge is 0.665 e. The van der Waals surface area contributed by atoms with Crippen LogP contribution in [0.5, 0.6) is 0 Å². The standard InChI is InChI=1S/C7H6O2.C6H6.CHO2/c8-7(9)6-4-2-1-3-5-6;1-2-4-6-5-3-1;2-1-3/h1-5H,(H,8,9);1-6H;(H,2,3)/q;;-1. The third-order valence-corrected chi connectivity index (χ3v) is 1.69. The van der Waals surface area contributed by atoms with Crippen molar-refractivity contribution >= 4 is 12.4 Å². The van der Waals surface area contributed by atoms with E-state index in [-0.39, 0.29) is 0 Å². The molecule has 0 amide bonds. The van der Waals surface area contributed by atoms with Gasteiger partial charge < -0.3 is 15.0 Å². The van der Waals surface area contributed by atoms with Gasteiger partial charge in [0.05, 0.1) is 5.56 Å². The van der Waals surface area contributed by atoms with Crippen LogP contribution in [0.2, 0.25) is 0 Å². The van der Waals surface area contributed by atoms with Gasteiger partial charge in [-0.15, -0.1) is 0 Å². The Morgan fingerprint density at radius 1 is 0.833 bits per heavy atom. The highest BCUT2D eigenvalue weighted by Gasteiger charge is 1.96. The van der Waals surface area contributed by atoms with Gasteiger partial charge in [0.2, 0.25) is 0 Å². The number of aliphatic hydroxyl groups excluding tert-OH is 1. The third-order valence-electron chi connectivity index (χ3n) is 1.69. The van der Waals surface area contributed by atoms with E-state index in [4.69, 9.17) is 15.0 Å². The van der Waals surface area contributed by atoms with Crippen molar-refractivity contribution in [2.75, 3.05) is 0 Å². The van der Waals surface area contributed by atoms with Crippen LogP contribution in [0.25, 0.3) is 0 Å². The molecule has 0 saturated heterocycles. The lowest BCUT2D eigenvalue weighted by molar-refractivity contribution is 0.0697. The molecule has 0 aliphatic rings. The van der Waals surface area contributed by atoms with Crippen LogP contribution in [0.1, 0.15) is 10.4 Å². The number of carboxylic acid groups (broad SMARTS) is 1. The number of rotatable bonds is 1. The maximum absolute atomic E-state index is 10.2. The molecule has 0 aliphatic carbocycles. The Morgan fingerprint density at radius 2 is 1.11 bits per heavy atom. The molecule has 0 atom stereocenters. The molecule has 2 N–H and O–H groups in total. The van der Waals surface area contributed by atoms with Crippen molar-refractivity contribution in [3.05, 3.63) is 72.3 Å². The highest BCUT2D eigenvalue weighted by Crippen LogP contribution is 1.96. The van der Waals surface area contributed by atoms with Crippen molar-refractivity contribution in [2.24, 2.45) is 0 Å². The molecule has 94 valence electrons. The lowest BCUT2D eigenvalue weighted by atomic mass is 10.2. The van der Waals surface area contributed by atoms with E-state index < -0.39 is 5.97 Å². The Morgan fingerprint density at radius 3 is 1.33 bits per heavy atom. The Balaban J connectivity index is 0.000000278. The number of hydrogen-bond acceptors (Lipinski definition) is 2. The molecule has 0 fully saturated rings. The molecular formula is C14H13O4-. The Labute approximate surface area is 105 Å². The van der Waals surface area contributed by atoms with Crippen molar-refractivity contribution in [2.45, 2.75) is 0 Å². The number of aromatic carboxylic acids is 1. The van der Waals surface area contributed by atoms with Crippen LogP contribution in [-0.4, -0.2) is 22.7 Å². The summed E-state index contributed by atoms with van der Waals surface area (Å²) in [5.41, 5.74) is 0.331. The maximum atomic E-state index is 10.2. The molecule has 0 unspecified atom stereocenters. The van der Waals surface area contributed by atoms with Crippen LogP contribution in [0.15, 0.2) is 66.7 Å². The van der Waals surface area contributed by atoms with Crippen LogP contribution in [0.3, 0.4) is 0 Å². The normalized spacial score (nSPS) is 7.78. The molecule has 4 nitrogen and oxygen atoms in total. The predicted molar refractivity (Wildman–Crippen MR) is 68.2 cm³/mol. The molecule has 0 aromatic heterocycles. The molecule has 18 heavy (non-hydrogen) atoms. The minimum absolute atomic E-state index is 0.331. The van der Waals surface area contributed by atoms with Crippen LogP contribution in [-0.2, 0) is 4.79 Å². The van der Waals surface area contributed by atoms with Gasteiger partial charge in [-0.1, -0.05) is 61.1 Å². The summed E-state index contributed by atoms with van der Waals surface area (Å²) in [6.45, 7) is 0.500. The predicted octanol–water partition coefficient (Wildman–Crippen LogP) is 2.68. The van der Waals surface area contributed by atoms with E-state index in [0.717, 1.165) is 0 Å². The van der Waals surface area contributed by atoms with Gasteiger partial charge in [0.25, 0.3) is 0 Å². The van der Waals surface area contributed by atoms with Crippen LogP contribution >= 0.6 is 0 Å². The summed E-state index contributed by atoms with van der Waals surface area (Å²) in [5, 5.41) is 15.1. The van der Waals surface area contributed by atoms with Gasteiger partial charge in [-0.2, -0.15) is 0 Å². The van der Waals surface area contributed by atoms with Gasteiger partial charge in [0, 0.05) is 0 Å². The summed E-state index contributed by atoms with van der Waals surface area (Å²) in [6, 6.07) is 20.3. The van der Waals surface area contributed by atoms with Gasteiger partial charge in [-0.3, -0.25) is 0 Å².